The highest BCUT2D eigenvalue weighted by Crippen LogP contribution is 2.28. The number of methoxy groups -OCH3 is 1. The molecule has 2 aromatic heterocycles. The van der Waals surface area contributed by atoms with Crippen molar-refractivity contribution in [2.45, 2.75) is 0 Å². The first-order chi connectivity index (χ1) is 11.7. The van der Waals surface area contributed by atoms with E-state index in [0.29, 0.717) is 16.4 Å². The molecule has 0 unspecified atom stereocenters. The fraction of sp³-hybridized carbons (Fsp3) is 0.0588. The molecule has 2 heterocycles. The Bertz CT molecular complexity index is 873. The third-order valence-electron chi connectivity index (χ3n) is 3.12. The van der Waals surface area contributed by atoms with Crippen LogP contribution in [0.15, 0.2) is 47.2 Å². The molecular weight excluding hydrogens is 347 g/mol. The zero-order valence-corrected chi connectivity index (χ0v) is 14.3. The summed E-state index contributed by atoms with van der Waals surface area (Å²) in [6.45, 7) is 0. The van der Waals surface area contributed by atoms with Crippen molar-refractivity contribution >= 4 is 39.8 Å². The van der Waals surface area contributed by atoms with E-state index >= 15 is 0 Å². The summed E-state index contributed by atoms with van der Waals surface area (Å²) in [7, 11) is 1.41. The molecule has 24 heavy (non-hydrogen) atoms. The lowest BCUT2D eigenvalue weighted by molar-refractivity contribution is -0.111. The Morgan fingerprint density at radius 2 is 2.21 bits per heavy atom. The highest BCUT2D eigenvalue weighted by Gasteiger charge is 2.09. The van der Waals surface area contributed by atoms with Gasteiger partial charge in [-0.05, 0) is 35.7 Å². The van der Waals surface area contributed by atoms with Crippen LogP contribution in [-0.4, -0.2) is 18.0 Å². The normalized spacial score (nSPS) is 10.9. The highest BCUT2D eigenvalue weighted by atomic mass is 32.1. The molecule has 0 atom stereocenters. The number of benzene rings is 1. The molecule has 4 nitrogen and oxygen atoms in total. The largest absolute Gasteiger partial charge is 0.494 e. The Morgan fingerprint density at radius 3 is 2.92 bits per heavy atom. The monoisotopic (exact) mass is 360 g/mol. The number of ether oxygens (including phenoxy) is 1. The fourth-order valence-electron chi connectivity index (χ4n) is 1.98. The van der Waals surface area contributed by atoms with Gasteiger partial charge in [-0.3, -0.25) is 10.1 Å². The molecule has 0 saturated heterocycles. The van der Waals surface area contributed by atoms with Gasteiger partial charge in [0, 0.05) is 21.9 Å². The number of thiazole rings is 1. The van der Waals surface area contributed by atoms with E-state index in [9.17, 15) is 9.18 Å². The van der Waals surface area contributed by atoms with Gasteiger partial charge in [-0.25, -0.2) is 9.37 Å². The van der Waals surface area contributed by atoms with Crippen LogP contribution in [0, 0.1) is 5.82 Å². The summed E-state index contributed by atoms with van der Waals surface area (Å²) >= 11 is 2.84. The van der Waals surface area contributed by atoms with E-state index in [1.807, 2.05) is 17.5 Å². The van der Waals surface area contributed by atoms with Gasteiger partial charge < -0.3 is 4.74 Å². The first-order valence-electron chi connectivity index (χ1n) is 6.98. The quantitative estimate of drug-likeness (QED) is 0.673. The van der Waals surface area contributed by atoms with Crippen molar-refractivity contribution in [3.63, 3.8) is 0 Å². The molecule has 1 N–H and O–H groups in total. The van der Waals surface area contributed by atoms with E-state index in [0.717, 1.165) is 4.88 Å². The number of hydrogen-bond donors (Lipinski definition) is 1. The zero-order valence-electron chi connectivity index (χ0n) is 12.7. The van der Waals surface area contributed by atoms with Crippen LogP contribution in [0.4, 0.5) is 9.52 Å². The molecule has 7 heteroatoms. The van der Waals surface area contributed by atoms with E-state index < -0.39 is 5.82 Å². The number of aromatic nitrogens is 1. The molecule has 3 rings (SSSR count). The molecular formula is C17H13FN2O2S2. The van der Waals surface area contributed by atoms with Gasteiger partial charge in [0.05, 0.1) is 12.8 Å². The maximum atomic E-state index is 13.8. The van der Waals surface area contributed by atoms with E-state index in [1.54, 1.807) is 34.9 Å². The lowest BCUT2D eigenvalue weighted by Gasteiger charge is -2.03. The van der Waals surface area contributed by atoms with E-state index in [-0.39, 0.29) is 11.7 Å². The predicted octanol–water partition coefficient (Wildman–Crippen LogP) is 4.67. The maximum Gasteiger partial charge on any atom is 0.250 e. The smallest absolute Gasteiger partial charge is 0.250 e. The minimum Gasteiger partial charge on any atom is -0.494 e. The molecule has 0 aliphatic rings. The topological polar surface area (TPSA) is 51.2 Å². The average molecular weight is 360 g/mol. The summed E-state index contributed by atoms with van der Waals surface area (Å²) in [5.41, 5.74) is 1.22. The third-order valence-corrected chi connectivity index (χ3v) is 4.72. The lowest BCUT2D eigenvalue weighted by atomic mass is 10.1. The Labute approximate surface area is 146 Å². The Kier molecular flexibility index (Phi) is 5.02. The summed E-state index contributed by atoms with van der Waals surface area (Å²) in [6, 6.07) is 8.47. The van der Waals surface area contributed by atoms with Crippen LogP contribution in [0.3, 0.4) is 0 Å². The fourth-order valence-corrected chi connectivity index (χ4v) is 3.32. The number of nitrogens with zero attached hydrogens (tertiary/aromatic N) is 1. The van der Waals surface area contributed by atoms with Crippen molar-refractivity contribution in [3.8, 4) is 17.0 Å². The predicted molar refractivity (Wildman–Crippen MR) is 96.0 cm³/mol. The second-order valence-corrected chi connectivity index (χ2v) is 6.56. The summed E-state index contributed by atoms with van der Waals surface area (Å²) in [5.74, 6) is -0.529. The first-order valence-corrected chi connectivity index (χ1v) is 8.73. The van der Waals surface area contributed by atoms with Crippen molar-refractivity contribution < 1.29 is 13.9 Å². The molecule has 3 aromatic rings. The Hall–Kier alpha value is -2.51. The number of anilines is 1. The molecule has 1 amide bonds. The Balaban J connectivity index is 1.69. The van der Waals surface area contributed by atoms with Gasteiger partial charge in [0.15, 0.2) is 16.7 Å². The van der Waals surface area contributed by atoms with Crippen molar-refractivity contribution in [1.29, 1.82) is 0 Å². The molecule has 0 radical (unpaired) electrons. The highest BCUT2D eigenvalue weighted by molar-refractivity contribution is 7.14. The summed E-state index contributed by atoms with van der Waals surface area (Å²) in [4.78, 5) is 17.2. The van der Waals surface area contributed by atoms with Crippen molar-refractivity contribution in [1.82, 2.24) is 4.98 Å². The number of thiophene rings is 1. The molecule has 0 fully saturated rings. The molecule has 0 saturated carbocycles. The zero-order chi connectivity index (χ0) is 16.9. The lowest BCUT2D eigenvalue weighted by Crippen LogP contribution is -2.07. The molecule has 0 bridgehead atoms. The van der Waals surface area contributed by atoms with Gasteiger partial charge in [0.1, 0.15) is 0 Å². The standard InChI is InChI=1S/C17H13FN2O2S2/c1-22-15-6-4-11(9-13(15)18)14-10-24-17(19-14)20-16(21)7-5-12-3-2-8-23-12/h2-10H,1H3,(H,19,20,21)/b7-5+. The van der Waals surface area contributed by atoms with Gasteiger partial charge in [0.2, 0.25) is 5.91 Å². The SMILES string of the molecule is COc1ccc(-c2csc(NC(=O)/C=C/c3cccs3)n2)cc1F. The van der Waals surface area contributed by atoms with Crippen LogP contribution >= 0.6 is 22.7 Å². The maximum absolute atomic E-state index is 13.8. The van der Waals surface area contributed by atoms with Gasteiger partial charge in [-0.15, -0.1) is 22.7 Å². The van der Waals surface area contributed by atoms with Crippen molar-refractivity contribution in [2.75, 3.05) is 12.4 Å². The number of amides is 1. The van der Waals surface area contributed by atoms with Gasteiger partial charge in [-0.2, -0.15) is 0 Å². The molecule has 0 spiro atoms. The van der Waals surface area contributed by atoms with Gasteiger partial charge >= 0.3 is 0 Å². The van der Waals surface area contributed by atoms with Crippen LogP contribution in [-0.2, 0) is 4.79 Å². The molecule has 0 aliphatic carbocycles. The number of hydrogen-bond acceptors (Lipinski definition) is 5. The number of carbonyl (C=O) groups excluding carboxylic acids is 1. The summed E-state index contributed by atoms with van der Waals surface area (Å²) in [5, 5.41) is 6.87. The molecule has 0 aliphatic heterocycles. The molecule has 122 valence electrons. The van der Waals surface area contributed by atoms with Crippen LogP contribution in [0.1, 0.15) is 4.88 Å². The second kappa shape index (κ2) is 7.37. The van der Waals surface area contributed by atoms with E-state index in [1.165, 1.54) is 30.6 Å². The van der Waals surface area contributed by atoms with Gasteiger partial charge in [-0.1, -0.05) is 6.07 Å². The minimum atomic E-state index is -0.451. The minimum absolute atomic E-state index is 0.182. The van der Waals surface area contributed by atoms with E-state index in [2.05, 4.69) is 10.3 Å². The first kappa shape index (κ1) is 16.4. The van der Waals surface area contributed by atoms with Crippen LogP contribution < -0.4 is 10.1 Å². The summed E-state index contributed by atoms with van der Waals surface area (Å²) < 4.78 is 18.7. The van der Waals surface area contributed by atoms with Crippen molar-refractivity contribution in [2.24, 2.45) is 0 Å². The third kappa shape index (κ3) is 3.87. The number of rotatable bonds is 5. The number of carbonyl (C=O) groups is 1. The van der Waals surface area contributed by atoms with Crippen LogP contribution in [0.5, 0.6) is 5.75 Å². The second-order valence-electron chi connectivity index (χ2n) is 4.73. The average Bonchev–Trinajstić information content (AvgIpc) is 3.24. The van der Waals surface area contributed by atoms with Crippen LogP contribution in [0.2, 0.25) is 0 Å². The van der Waals surface area contributed by atoms with Crippen LogP contribution in [0.25, 0.3) is 17.3 Å². The summed E-state index contributed by atoms with van der Waals surface area (Å²) in [6.07, 6.45) is 3.20. The Morgan fingerprint density at radius 1 is 1.33 bits per heavy atom. The van der Waals surface area contributed by atoms with Crippen molar-refractivity contribution in [3.05, 3.63) is 57.9 Å². The number of nitrogens with one attached hydrogen (secondary N) is 1. The van der Waals surface area contributed by atoms with Gasteiger partial charge in [0.25, 0.3) is 0 Å². The molecule has 1 aromatic carbocycles. The number of halogens is 1. The van der Waals surface area contributed by atoms with E-state index in [4.69, 9.17) is 4.74 Å².